The number of amides is 2. The number of carbonyl (C=O) groups excluding carboxylic acids is 2. The van der Waals surface area contributed by atoms with E-state index < -0.39 is 11.8 Å². The average Bonchev–Trinajstić information content (AvgIpc) is 2.75. The van der Waals surface area contributed by atoms with Crippen LogP contribution in [0.4, 0.5) is 11.4 Å². The minimum absolute atomic E-state index is 0.267. The molecule has 2 amide bonds. The van der Waals surface area contributed by atoms with Crippen molar-refractivity contribution in [3.05, 3.63) is 58.1 Å². The van der Waals surface area contributed by atoms with Crippen LogP contribution in [0.1, 0.15) is 11.5 Å². The number of hydrogen-bond donors (Lipinski definition) is 1. The second-order valence-corrected chi connectivity index (χ2v) is 5.85. The Hall–Kier alpha value is -2.04. The average molecular weight is 335 g/mol. The zero-order valence-electron chi connectivity index (χ0n) is 11.6. The number of halogens is 2. The summed E-state index contributed by atoms with van der Waals surface area (Å²) in [6.07, 6.45) is 0. The van der Waals surface area contributed by atoms with Crippen molar-refractivity contribution in [1.29, 1.82) is 0 Å². The monoisotopic (exact) mass is 334 g/mol. The molecule has 3 rings (SSSR count). The molecule has 2 aromatic carbocycles. The molecule has 1 heterocycles. The van der Waals surface area contributed by atoms with Crippen LogP contribution in [-0.2, 0) is 9.59 Å². The number of anilines is 2. The fourth-order valence-electron chi connectivity index (χ4n) is 2.53. The van der Waals surface area contributed by atoms with Crippen LogP contribution < -0.4 is 10.2 Å². The highest BCUT2D eigenvalue weighted by molar-refractivity contribution is 6.36. The summed E-state index contributed by atoms with van der Waals surface area (Å²) < 4.78 is 0. The lowest BCUT2D eigenvalue weighted by Gasteiger charge is -2.13. The van der Waals surface area contributed by atoms with Gasteiger partial charge in [0.05, 0.1) is 10.7 Å². The molecule has 0 radical (unpaired) electrons. The van der Waals surface area contributed by atoms with Gasteiger partial charge in [-0.15, -0.1) is 0 Å². The van der Waals surface area contributed by atoms with Gasteiger partial charge in [0.1, 0.15) is 5.92 Å². The zero-order valence-corrected chi connectivity index (χ0v) is 13.2. The third-order valence-corrected chi connectivity index (χ3v) is 4.20. The third-order valence-electron chi connectivity index (χ3n) is 3.64. The van der Waals surface area contributed by atoms with E-state index in [0.29, 0.717) is 21.3 Å². The van der Waals surface area contributed by atoms with Crippen molar-refractivity contribution in [2.75, 3.05) is 17.3 Å². The molecule has 0 aromatic heterocycles. The number of hydrogen-bond acceptors (Lipinski definition) is 2. The van der Waals surface area contributed by atoms with Crippen molar-refractivity contribution in [1.82, 2.24) is 0 Å². The van der Waals surface area contributed by atoms with Gasteiger partial charge in [0.25, 0.3) is 0 Å². The summed E-state index contributed by atoms with van der Waals surface area (Å²) in [6.45, 7) is 0. The maximum Gasteiger partial charge on any atom is 0.243 e. The van der Waals surface area contributed by atoms with Crippen molar-refractivity contribution < 1.29 is 9.59 Å². The van der Waals surface area contributed by atoms with E-state index in [9.17, 15) is 9.59 Å². The van der Waals surface area contributed by atoms with Crippen molar-refractivity contribution in [3.63, 3.8) is 0 Å². The minimum atomic E-state index is -0.878. The van der Waals surface area contributed by atoms with Gasteiger partial charge in [0.2, 0.25) is 11.8 Å². The number of rotatable bonds is 2. The number of nitrogens with zero attached hydrogens (tertiary/aromatic N) is 1. The Balaban J connectivity index is 1.93. The highest BCUT2D eigenvalue weighted by Crippen LogP contribution is 2.37. The highest BCUT2D eigenvalue weighted by atomic mass is 35.5. The Morgan fingerprint density at radius 1 is 1.18 bits per heavy atom. The molecule has 1 atom stereocenters. The number of benzene rings is 2. The summed E-state index contributed by atoms with van der Waals surface area (Å²) in [5.41, 5.74) is 1.81. The molecule has 112 valence electrons. The number of nitrogens with one attached hydrogen (secondary N) is 1. The van der Waals surface area contributed by atoms with Crippen molar-refractivity contribution >= 4 is 46.4 Å². The molecule has 0 bridgehead atoms. The first-order valence-corrected chi connectivity index (χ1v) is 7.37. The fraction of sp³-hybridized carbons (Fsp3) is 0.125. The fourth-order valence-corrected chi connectivity index (χ4v) is 2.87. The van der Waals surface area contributed by atoms with Gasteiger partial charge in [-0.05, 0) is 29.8 Å². The van der Waals surface area contributed by atoms with Crippen LogP contribution in [0.25, 0.3) is 0 Å². The van der Waals surface area contributed by atoms with Crippen molar-refractivity contribution in [2.45, 2.75) is 5.92 Å². The van der Waals surface area contributed by atoms with Crippen LogP contribution in [0.5, 0.6) is 0 Å². The Morgan fingerprint density at radius 3 is 2.68 bits per heavy atom. The molecule has 1 aliphatic heterocycles. The molecule has 1 N–H and O–H groups in total. The maximum atomic E-state index is 12.5. The van der Waals surface area contributed by atoms with E-state index in [4.69, 9.17) is 23.2 Å². The second-order valence-electron chi connectivity index (χ2n) is 5.00. The molecule has 1 aliphatic rings. The molecule has 0 saturated carbocycles. The van der Waals surface area contributed by atoms with Gasteiger partial charge < -0.3 is 10.2 Å². The Kier molecular flexibility index (Phi) is 3.81. The molecular weight excluding hydrogens is 323 g/mol. The molecule has 0 saturated heterocycles. The van der Waals surface area contributed by atoms with Gasteiger partial charge >= 0.3 is 0 Å². The van der Waals surface area contributed by atoms with Crippen LogP contribution in [0, 0.1) is 0 Å². The minimum Gasteiger partial charge on any atom is -0.324 e. The van der Waals surface area contributed by atoms with E-state index in [1.165, 1.54) is 4.90 Å². The molecule has 0 fully saturated rings. The van der Waals surface area contributed by atoms with E-state index in [-0.39, 0.29) is 5.91 Å². The summed E-state index contributed by atoms with van der Waals surface area (Å²) in [5.74, 6) is -1.57. The van der Waals surface area contributed by atoms with E-state index in [0.717, 1.165) is 5.69 Å². The van der Waals surface area contributed by atoms with E-state index in [1.54, 1.807) is 37.4 Å². The first kappa shape index (κ1) is 14.9. The van der Waals surface area contributed by atoms with E-state index in [1.807, 2.05) is 12.1 Å². The largest absolute Gasteiger partial charge is 0.324 e. The summed E-state index contributed by atoms with van der Waals surface area (Å²) in [4.78, 5) is 26.4. The van der Waals surface area contributed by atoms with E-state index >= 15 is 0 Å². The van der Waals surface area contributed by atoms with Crippen LogP contribution in [0.3, 0.4) is 0 Å². The Morgan fingerprint density at radius 2 is 1.91 bits per heavy atom. The van der Waals surface area contributed by atoms with Gasteiger partial charge in [0, 0.05) is 17.8 Å². The Labute approximate surface area is 137 Å². The van der Waals surface area contributed by atoms with Crippen LogP contribution in [0.2, 0.25) is 10.0 Å². The smallest absolute Gasteiger partial charge is 0.243 e. The number of carbonyl (C=O) groups is 2. The molecule has 4 nitrogen and oxygen atoms in total. The van der Waals surface area contributed by atoms with Gasteiger partial charge in [0.15, 0.2) is 0 Å². The maximum absolute atomic E-state index is 12.5. The lowest BCUT2D eigenvalue weighted by atomic mass is 10.00. The van der Waals surface area contributed by atoms with Gasteiger partial charge in [-0.3, -0.25) is 9.59 Å². The third kappa shape index (κ3) is 2.45. The second kappa shape index (κ2) is 5.63. The van der Waals surface area contributed by atoms with E-state index in [2.05, 4.69) is 5.32 Å². The van der Waals surface area contributed by atoms with Crippen LogP contribution >= 0.6 is 23.2 Å². The predicted molar refractivity (Wildman–Crippen MR) is 87.7 cm³/mol. The quantitative estimate of drug-likeness (QED) is 0.851. The molecular formula is C16H12Cl2N2O2. The molecule has 22 heavy (non-hydrogen) atoms. The first-order chi connectivity index (χ1) is 10.5. The number of fused-ring (bicyclic) bond motifs is 1. The first-order valence-electron chi connectivity index (χ1n) is 6.61. The SMILES string of the molecule is CN1C(=O)[C@H](C(=O)Nc2cc(Cl)ccc2Cl)c2ccccc21. The highest BCUT2D eigenvalue weighted by Gasteiger charge is 2.40. The van der Waals surface area contributed by atoms with Gasteiger partial charge in [-0.2, -0.15) is 0 Å². The Bertz CT molecular complexity index is 776. The molecule has 0 unspecified atom stereocenters. The predicted octanol–water partition coefficient (Wildman–Crippen LogP) is 3.69. The summed E-state index contributed by atoms with van der Waals surface area (Å²) in [7, 11) is 1.65. The van der Waals surface area contributed by atoms with Crippen LogP contribution in [-0.4, -0.2) is 18.9 Å². The lowest BCUT2D eigenvalue weighted by Crippen LogP contribution is -2.31. The van der Waals surface area contributed by atoms with Crippen molar-refractivity contribution in [3.8, 4) is 0 Å². The standard InChI is InChI=1S/C16H12Cl2N2O2/c1-20-13-5-3-2-4-10(13)14(16(20)22)15(21)19-12-8-9(17)6-7-11(12)18/h2-8,14H,1H3,(H,19,21)/t14-/m0/s1. The molecule has 2 aromatic rings. The van der Waals surface area contributed by atoms with Gasteiger partial charge in [-0.1, -0.05) is 41.4 Å². The topological polar surface area (TPSA) is 49.4 Å². The summed E-state index contributed by atoms with van der Waals surface area (Å²) in [5, 5.41) is 3.50. The number of para-hydroxylation sites is 1. The molecule has 0 aliphatic carbocycles. The van der Waals surface area contributed by atoms with Crippen LogP contribution in [0.15, 0.2) is 42.5 Å². The normalized spacial score (nSPS) is 16.6. The molecule has 6 heteroatoms. The lowest BCUT2D eigenvalue weighted by molar-refractivity contribution is -0.126. The number of likely N-dealkylation sites (N-methyl/N-ethyl adjacent to an activating group) is 1. The van der Waals surface area contributed by atoms with Crippen molar-refractivity contribution in [2.24, 2.45) is 0 Å². The zero-order chi connectivity index (χ0) is 15.9. The van der Waals surface area contributed by atoms with Gasteiger partial charge in [-0.25, -0.2) is 0 Å². The molecule has 0 spiro atoms. The summed E-state index contributed by atoms with van der Waals surface area (Å²) in [6, 6.07) is 12.0. The summed E-state index contributed by atoms with van der Waals surface area (Å²) >= 11 is 12.0.